The Balaban J connectivity index is 2.31. The van der Waals surface area contributed by atoms with Crippen LogP contribution in [0.15, 0.2) is 53.9 Å². The maximum absolute atomic E-state index is 3.32. The maximum Gasteiger partial charge on any atom is 0.0427 e. The van der Waals surface area contributed by atoms with Crippen LogP contribution in [0.2, 0.25) is 0 Å². The van der Waals surface area contributed by atoms with Crippen molar-refractivity contribution in [2.45, 2.75) is 0 Å². The smallest absolute Gasteiger partial charge is 0.0427 e. The largest absolute Gasteiger partial charge is 0.143 e. The van der Waals surface area contributed by atoms with Crippen LogP contribution in [0.3, 0.4) is 0 Å². The van der Waals surface area contributed by atoms with Gasteiger partial charge in [0.15, 0.2) is 0 Å². The Kier molecular flexibility index (Phi) is 2.04. The van der Waals surface area contributed by atoms with Crippen molar-refractivity contribution in [1.29, 1.82) is 0 Å². The maximum atomic E-state index is 3.32. The molecule has 0 spiro atoms. The minimum atomic E-state index is 1.21. The van der Waals surface area contributed by atoms with Gasteiger partial charge in [0.1, 0.15) is 0 Å². The second kappa shape index (κ2) is 3.52. The fraction of sp³-hybridized carbons (Fsp3) is 0. The summed E-state index contributed by atoms with van der Waals surface area (Å²) in [5, 5.41) is 3.43. The minimum absolute atomic E-state index is 1.21. The van der Waals surface area contributed by atoms with Gasteiger partial charge >= 0.3 is 0 Å². The molecule has 2 aromatic carbocycles. The summed E-state index contributed by atoms with van der Waals surface area (Å²) in [6.45, 7) is 0. The van der Waals surface area contributed by atoms with E-state index in [1.807, 2.05) is 12.1 Å². The Morgan fingerprint density at radius 1 is 0.933 bits per heavy atom. The van der Waals surface area contributed by atoms with E-state index in [-0.39, 0.29) is 0 Å². The Bertz CT molecular complexity index is 578. The van der Waals surface area contributed by atoms with E-state index in [1.165, 1.54) is 21.2 Å². The Morgan fingerprint density at radius 2 is 1.80 bits per heavy atom. The monoisotopic (exact) mass is 209 g/mol. The normalized spacial score (nSPS) is 10.7. The van der Waals surface area contributed by atoms with Crippen LogP contribution in [0, 0.1) is 6.07 Å². The quantitative estimate of drug-likeness (QED) is 0.558. The predicted octanol–water partition coefficient (Wildman–Crippen LogP) is 4.37. The molecule has 0 saturated heterocycles. The van der Waals surface area contributed by atoms with Gasteiger partial charge in [-0.2, -0.15) is 0 Å². The van der Waals surface area contributed by atoms with Gasteiger partial charge in [0.05, 0.1) is 0 Å². The molecule has 0 aliphatic rings. The molecule has 0 aliphatic heterocycles. The first-order valence-corrected chi connectivity index (χ1v) is 5.76. The lowest BCUT2D eigenvalue weighted by atomic mass is 10.0. The van der Waals surface area contributed by atoms with Crippen molar-refractivity contribution in [2.24, 2.45) is 0 Å². The molecule has 1 aromatic heterocycles. The molecule has 0 amide bonds. The third kappa shape index (κ3) is 1.45. The molecule has 71 valence electrons. The third-order valence-electron chi connectivity index (χ3n) is 2.48. The molecule has 0 fully saturated rings. The van der Waals surface area contributed by atoms with Crippen LogP contribution in [0.25, 0.3) is 21.2 Å². The van der Waals surface area contributed by atoms with E-state index in [0.29, 0.717) is 0 Å². The summed E-state index contributed by atoms with van der Waals surface area (Å²) in [6.07, 6.45) is 0. The highest BCUT2D eigenvalue weighted by atomic mass is 32.1. The highest BCUT2D eigenvalue weighted by Gasteiger charge is 2.03. The van der Waals surface area contributed by atoms with Crippen LogP contribution in [0.5, 0.6) is 0 Å². The molecule has 3 aromatic rings. The van der Waals surface area contributed by atoms with E-state index in [4.69, 9.17) is 0 Å². The molecule has 0 nitrogen and oxygen atoms in total. The van der Waals surface area contributed by atoms with Crippen molar-refractivity contribution in [3.8, 4) is 11.1 Å². The average molecular weight is 209 g/mol. The molecule has 1 heteroatoms. The number of hydrogen-bond donors (Lipinski definition) is 0. The minimum Gasteiger partial charge on any atom is -0.143 e. The second-order valence-electron chi connectivity index (χ2n) is 3.42. The molecular formula is C14H9S. The van der Waals surface area contributed by atoms with Crippen LogP contribution in [0.4, 0.5) is 0 Å². The molecule has 15 heavy (non-hydrogen) atoms. The van der Waals surface area contributed by atoms with Crippen LogP contribution < -0.4 is 0 Å². The number of thiophene rings is 1. The summed E-state index contributed by atoms with van der Waals surface area (Å²) < 4.78 is 1.32. The summed E-state index contributed by atoms with van der Waals surface area (Å²) in [6, 6.07) is 20.0. The first-order chi connectivity index (χ1) is 7.45. The van der Waals surface area contributed by atoms with Crippen molar-refractivity contribution in [1.82, 2.24) is 0 Å². The molecule has 0 N–H and O–H groups in total. The van der Waals surface area contributed by atoms with E-state index in [1.54, 1.807) is 11.3 Å². The topological polar surface area (TPSA) is 0 Å². The fourth-order valence-electron chi connectivity index (χ4n) is 1.75. The Labute approximate surface area is 92.8 Å². The van der Waals surface area contributed by atoms with E-state index in [0.717, 1.165) is 0 Å². The van der Waals surface area contributed by atoms with Crippen LogP contribution >= 0.6 is 11.3 Å². The zero-order valence-electron chi connectivity index (χ0n) is 8.10. The lowest BCUT2D eigenvalue weighted by Crippen LogP contribution is -1.76. The van der Waals surface area contributed by atoms with Crippen LogP contribution in [-0.4, -0.2) is 0 Å². The summed E-state index contributed by atoms with van der Waals surface area (Å²) in [5.41, 5.74) is 2.45. The van der Waals surface area contributed by atoms with Crippen molar-refractivity contribution >= 4 is 21.4 Å². The van der Waals surface area contributed by atoms with Gasteiger partial charge < -0.3 is 0 Å². The van der Waals surface area contributed by atoms with Crippen LogP contribution in [-0.2, 0) is 0 Å². The highest BCUT2D eigenvalue weighted by molar-refractivity contribution is 7.17. The first kappa shape index (κ1) is 8.69. The summed E-state index contributed by atoms with van der Waals surface area (Å²) in [7, 11) is 0. The zero-order valence-corrected chi connectivity index (χ0v) is 8.92. The first-order valence-electron chi connectivity index (χ1n) is 4.88. The van der Waals surface area contributed by atoms with Gasteiger partial charge in [-0.15, -0.1) is 11.3 Å². The van der Waals surface area contributed by atoms with Crippen LogP contribution in [0.1, 0.15) is 0 Å². The Hall–Kier alpha value is -1.60. The number of rotatable bonds is 1. The molecule has 3 rings (SSSR count). The number of hydrogen-bond acceptors (Lipinski definition) is 1. The van der Waals surface area contributed by atoms with Gasteiger partial charge in [0, 0.05) is 10.3 Å². The molecule has 0 unspecified atom stereocenters. The van der Waals surface area contributed by atoms with E-state index < -0.39 is 0 Å². The molecular weight excluding hydrogens is 200 g/mol. The zero-order chi connectivity index (χ0) is 10.1. The molecule has 1 radical (unpaired) electrons. The van der Waals surface area contributed by atoms with Crippen molar-refractivity contribution in [2.75, 3.05) is 0 Å². The molecule has 1 heterocycles. The van der Waals surface area contributed by atoms with Gasteiger partial charge in [0.2, 0.25) is 0 Å². The fourth-order valence-corrected chi connectivity index (χ4v) is 2.67. The summed E-state index contributed by atoms with van der Waals surface area (Å²) in [5.74, 6) is 0. The van der Waals surface area contributed by atoms with E-state index in [2.05, 4.69) is 47.8 Å². The van der Waals surface area contributed by atoms with Crippen molar-refractivity contribution in [3.05, 3.63) is 60.0 Å². The standard InChI is InChI=1S/C14H9S/c1-2-5-11(6-3-1)13-8-4-7-12-9-10-15-14(12)13/h1-7,9-10H. The average Bonchev–Trinajstić information content (AvgIpc) is 2.78. The Morgan fingerprint density at radius 3 is 2.67 bits per heavy atom. The van der Waals surface area contributed by atoms with Gasteiger partial charge in [0.25, 0.3) is 0 Å². The lowest BCUT2D eigenvalue weighted by Gasteiger charge is -2.01. The number of benzene rings is 2. The third-order valence-corrected chi connectivity index (χ3v) is 3.42. The van der Waals surface area contributed by atoms with Gasteiger partial charge in [-0.1, -0.05) is 42.5 Å². The highest BCUT2D eigenvalue weighted by Crippen LogP contribution is 2.31. The second-order valence-corrected chi connectivity index (χ2v) is 4.34. The van der Waals surface area contributed by atoms with E-state index in [9.17, 15) is 0 Å². The SMILES string of the molecule is [c]1ccc2ccsc2c1-c1ccccc1. The van der Waals surface area contributed by atoms with Crippen molar-refractivity contribution < 1.29 is 0 Å². The van der Waals surface area contributed by atoms with E-state index >= 15 is 0 Å². The molecule has 0 saturated carbocycles. The predicted molar refractivity (Wildman–Crippen MR) is 66.1 cm³/mol. The molecule has 0 bridgehead atoms. The van der Waals surface area contributed by atoms with Gasteiger partial charge in [-0.05, 0) is 28.5 Å². The summed E-state index contributed by atoms with van der Waals surface area (Å²) in [4.78, 5) is 0. The molecule has 0 aliphatic carbocycles. The van der Waals surface area contributed by atoms with Gasteiger partial charge in [-0.3, -0.25) is 0 Å². The van der Waals surface area contributed by atoms with Gasteiger partial charge in [-0.25, -0.2) is 0 Å². The lowest BCUT2D eigenvalue weighted by molar-refractivity contribution is 1.66. The summed E-state index contributed by atoms with van der Waals surface area (Å²) >= 11 is 1.78. The van der Waals surface area contributed by atoms with Crippen molar-refractivity contribution in [3.63, 3.8) is 0 Å². The molecule has 0 atom stereocenters. The number of fused-ring (bicyclic) bond motifs is 1.